The minimum atomic E-state index is -0.141. The van der Waals surface area contributed by atoms with Gasteiger partial charge in [-0.25, -0.2) is 4.98 Å². The molecule has 0 unspecified atom stereocenters. The van der Waals surface area contributed by atoms with Gasteiger partial charge in [-0.15, -0.1) is 0 Å². The smallest absolute Gasteiger partial charge is 0.262 e. The normalized spacial score (nSPS) is 12.8. The lowest BCUT2D eigenvalue weighted by Crippen LogP contribution is -2.29. The molecule has 2 aromatic carbocycles. The molecule has 0 bridgehead atoms. The van der Waals surface area contributed by atoms with Crippen molar-refractivity contribution >= 4 is 40.2 Å². The number of hydrogen-bond acceptors (Lipinski definition) is 6. The van der Waals surface area contributed by atoms with Crippen molar-refractivity contribution in [2.75, 3.05) is 25.5 Å². The van der Waals surface area contributed by atoms with Gasteiger partial charge >= 0.3 is 0 Å². The van der Waals surface area contributed by atoms with Gasteiger partial charge in [0, 0.05) is 18.1 Å². The van der Waals surface area contributed by atoms with Crippen LogP contribution in [0.3, 0.4) is 0 Å². The maximum atomic E-state index is 13.0. The van der Waals surface area contributed by atoms with Crippen molar-refractivity contribution in [3.05, 3.63) is 57.3 Å². The number of thioether (sulfide) groups is 1. The highest BCUT2D eigenvalue weighted by atomic mass is 35.5. The van der Waals surface area contributed by atoms with Crippen molar-refractivity contribution in [2.24, 2.45) is 5.92 Å². The molecule has 3 aromatic rings. The molecule has 1 aliphatic rings. The molecule has 0 fully saturated rings. The maximum absolute atomic E-state index is 13.0. The van der Waals surface area contributed by atoms with Crippen LogP contribution in [0.25, 0.3) is 10.9 Å². The highest BCUT2D eigenvalue weighted by Crippen LogP contribution is 2.30. The Hall–Kier alpha value is -2.71. The number of benzene rings is 2. The maximum Gasteiger partial charge on any atom is 0.262 e. The van der Waals surface area contributed by atoms with Gasteiger partial charge in [-0.05, 0) is 48.2 Å². The van der Waals surface area contributed by atoms with E-state index in [0.29, 0.717) is 53.8 Å². The number of nitrogens with zero attached hydrogens (tertiary/aromatic N) is 2. The molecule has 174 valence electrons. The average Bonchev–Trinajstić information content (AvgIpc) is 2.80. The lowest BCUT2D eigenvalue weighted by molar-refractivity contribution is -0.118. The van der Waals surface area contributed by atoms with E-state index in [1.165, 1.54) is 11.8 Å². The lowest BCUT2D eigenvalue weighted by Gasteiger charge is -2.18. The monoisotopic (exact) mass is 487 g/mol. The zero-order chi connectivity index (χ0) is 23.4. The highest BCUT2D eigenvalue weighted by molar-refractivity contribution is 7.99. The molecule has 0 saturated heterocycles. The molecule has 1 amide bonds. The van der Waals surface area contributed by atoms with E-state index in [1.54, 1.807) is 22.8 Å². The predicted octanol–water partition coefficient (Wildman–Crippen LogP) is 3.93. The van der Waals surface area contributed by atoms with Crippen LogP contribution in [0.2, 0.25) is 5.02 Å². The van der Waals surface area contributed by atoms with Crippen LogP contribution in [-0.2, 0) is 17.8 Å². The van der Waals surface area contributed by atoms with Crippen LogP contribution in [0, 0.1) is 5.92 Å². The Morgan fingerprint density at radius 1 is 1.18 bits per heavy atom. The topological polar surface area (TPSA) is 82.5 Å². The number of halogens is 1. The fourth-order valence-corrected chi connectivity index (χ4v) is 4.59. The van der Waals surface area contributed by atoms with Crippen LogP contribution in [0.15, 0.2) is 46.3 Å². The summed E-state index contributed by atoms with van der Waals surface area (Å²) in [4.78, 5) is 30.1. The van der Waals surface area contributed by atoms with Gasteiger partial charge in [-0.2, -0.15) is 0 Å². The molecular formula is C24H26ClN3O4S. The predicted molar refractivity (Wildman–Crippen MR) is 131 cm³/mol. The van der Waals surface area contributed by atoms with Crippen molar-refractivity contribution < 1.29 is 14.3 Å². The molecule has 7 nitrogen and oxygen atoms in total. The number of ether oxygens (including phenoxy) is 2. The number of aromatic nitrogens is 2. The first-order valence-corrected chi connectivity index (χ1v) is 12.2. The zero-order valence-electron chi connectivity index (χ0n) is 18.6. The summed E-state index contributed by atoms with van der Waals surface area (Å²) in [5.41, 5.74) is 1.50. The summed E-state index contributed by atoms with van der Waals surface area (Å²) in [6.07, 6.45) is 0.681. The van der Waals surface area contributed by atoms with E-state index >= 15 is 0 Å². The molecule has 1 aliphatic heterocycles. The SMILES string of the molecule is CC(C)Cn1c(SCC(=O)NCCc2ccc3c(c2)OCCO3)nc2ccc(Cl)cc2c1=O. The van der Waals surface area contributed by atoms with Crippen molar-refractivity contribution in [3.63, 3.8) is 0 Å². The van der Waals surface area contributed by atoms with Crippen molar-refractivity contribution in [1.29, 1.82) is 0 Å². The molecule has 9 heteroatoms. The summed E-state index contributed by atoms with van der Waals surface area (Å²) < 4.78 is 12.8. The van der Waals surface area contributed by atoms with E-state index in [1.807, 2.05) is 32.0 Å². The second kappa shape index (κ2) is 10.5. The molecule has 1 N–H and O–H groups in total. The van der Waals surface area contributed by atoms with Gasteiger partial charge in [0.25, 0.3) is 5.56 Å². The van der Waals surface area contributed by atoms with Gasteiger partial charge in [0.05, 0.1) is 16.7 Å². The number of rotatable bonds is 8. The summed E-state index contributed by atoms with van der Waals surface area (Å²) in [6, 6.07) is 10.9. The van der Waals surface area contributed by atoms with E-state index in [9.17, 15) is 9.59 Å². The van der Waals surface area contributed by atoms with Crippen LogP contribution >= 0.6 is 23.4 Å². The summed E-state index contributed by atoms with van der Waals surface area (Å²) >= 11 is 7.34. The minimum absolute atomic E-state index is 0.112. The quantitative estimate of drug-likeness (QED) is 0.383. The molecular weight excluding hydrogens is 462 g/mol. The third-order valence-corrected chi connectivity index (χ3v) is 6.32. The first-order valence-electron chi connectivity index (χ1n) is 10.9. The van der Waals surface area contributed by atoms with Crippen molar-refractivity contribution in [3.8, 4) is 11.5 Å². The lowest BCUT2D eigenvalue weighted by atomic mass is 10.1. The Labute approximate surface area is 201 Å². The first-order chi connectivity index (χ1) is 15.9. The molecule has 0 atom stereocenters. The second-order valence-corrected chi connectivity index (χ2v) is 9.61. The standard InChI is InChI=1S/C24H26ClN3O4S/c1-15(2)13-28-23(30)18-12-17(25)4-5-19(18)27-24(28)33-14-22(29)26-8-7-16-3-6-20-21(11-16)32-10-9-31-20/h3-6,11-12,15H,7-10,13-14H2,1-2H3,(H,26,29). The number of nitrogens with one attached hydrogen (secondary N) is 1. The van der Waals surface area contributed by atoms with Gasteiger partial charge in [0.2, 0.25) is 5.91 Å². The number of hydrogen-bond donors (Lipinski definition) is 1. The Morgan fingerprint density at radius 2 is 1.97 bits per heavy atom. The fraction of sp³-hybridized carbons (Fsp3) is 0.375. The Kier molecular flexibility index (Phi) is 7.45. The second-order valence-electron chi connectivity index (χ2n) is 8.23. The van der Waals surface area contributed by atoms with Crippen molar-refractivity contribution in [2.45, 2.75) is 32.0 Å². The average molecular weight is 488 g/mol. The Balaban J connectivity index is 1.38. The molecule has 2 heterocycles. The molecule has 33 heavy (non-hydrogen) atoms. The van der Waals surface area contributed by atoms with Gasteiger partial charge in [0.1, 0.15) is 13.2 Å². The largest absolute Gasteiger partial charge is 0.486 e. The summed E-state index contributed by atoms with van der Waals surface area (Å²) in [6.45, 7) is 6.19. The van der Waals surface area contributed by atoms with Crippen LogP contribution in [-0.4, -0.2) is 41.0 Å². The van der Waals surface area contributed by atoms with Crippen LogP contribution in [0.1, 0.15) is 19.4 Å². The zero-order valence-corrected chi connectivity index (χ0v) is 20.2. The number of carbonyl (C=O) groups is 1. The minimum Gasteiger partial charge on any atom is -0.486 e. The fourth-order valence-electron chi connectivity index (χ4n) is 3.58. The van der Waals surface area contributed by atoms with E-state index < -0.39 is 0 Å². The third kappa shape index (κ3) is 5.81. The van der Waals surface area contributed by atoms with Crippen LogP contribution in [0.4, 0.5) is 0 Å². The number of fused-ring (bicyclic) bond motifs is 2. The summed E-state index contributed by atoms with van der Waals surface area (Å²) in [7, 11) is 0. The Bertz CT molecular complexity index is 1230. The third-order valence-electron chi connectivity index (χ3n) is 5.10. The highest BCUT2D eigenvalue weighted by Gasteiger charge is 2.15. The molecule has 1 aromatic heterocycles. The van der Waals surface area contributed by atoms with E-state index in [4.69, 9.17) is 21.1 Å². The van der Waals surface area contributed by atoms with Gasteiger partial charge in [0.15, 0.2) is 16.7 Å². The number of amides is 1. The molecule has 0 spiro atoms. The van der Waals surface area contributed by atoms with Crippen LogP contribution in [0.5, 0.6) is 11.5 Å². The van der Waals surface area contributed by atoms with Crippen LogP contribution < -0.4 is 20.3 Å². The van der Waals surface area contributed by atoms with Gasteiger partial charge < -0.3 is 14.8 Å². The van der Waals surface area contributed by atoms with E-state index in [-0.39, 0.29) is 23.1 Å². The number of carbonyl (C=O) groups excluding carboxylic acids is 1. The Morgan fingerprint density at radius 3 is 2.76 bits per heavy atom. The molecule has 4 rings (SSSR count). The summed E-state index contributed by atoms with van der Waals surface area (Å²) in [5, 5.41) is 4.45. The molecule has 0 saturated carbocycles. The molecule has 0 aliphatic carbocycles. The van der Waals surface area contributed by atoms with Gasteiger partial charge in [-0.1, -0.05) is 43.3 Å². The van der Waals surface area contributed by atoms with Crippen molar-refractivity contribution in [1.82, 2.24) is 14.9 Å². The van der Waals surface area contributed by atoms with Gasteiger partial charge in [-0.3, -0.25) is 14.2 Å². The summed E-state index contributed by atoms with van der Waals surface area (Å²) in [5.74, 6) is 1.81. The van der Waals surface area contributed by atoms with E-state index in [0.717, 1.165) is 17.1 Å². The first kappa shape index (κ1) is 23.4. The molecule has 0 radical (unpaired) electrons. The van der Waals surface area contributed by atoms with E-state index in [2.05, 4.69) is 10.3 Å².